The van der Waals surface area contributed by atoms with Crippen LogP contribution in [0.25, 0.3) is 0 Å². The van der Waals surface area contributed by atoms with Gasteiger partial charge in [0.15, 0.2) is 0 Å². The molecule has 0 radical (unpaired) electrons. The Morgan fingerprint density at radius 3 is 2.25 bits per heavy atom. The average molecular weight is 204 g/mol. The van der Waals surface area contributed by atoms with Crippen molar-refractivity contribution in [2.24, 2.45) is 0 Å². The number of carboxylic acids is 1. The first-order chi connectivity index (χ1) is 5.34. The monoisotopic (exact) mass is 204 g/mol. The zero-order valence-electron chi connectivity index (χ0n) is 8.55. The molecule has 0 bridgehead atoms. The van der Waals surface area contributed by atoms with Crippen molar-refractivity contribution in [3.05, 3.63) is 0 Å². The fourth-order valence-corrected chi connectivity index (χ4v) is 5.89. The Bertz CT molecular complexity index is 152. The lowest BCUT2D eigenvalue weighted by atomic mass is 10.3. The van der Waals surface area contributed by atoms with Gasteiger partial charge in [0.1, 0.15) is 0 Å². The molecule has 0 fully saturated rings. The molecular weight excluding hydrogens is 184 g/mol. The van der Waals surface area contributed by atoms with Gasteiger partial charge in [-0.3, -0.25) is 4.79 Å². The van der Waals surface area contributed by atoms with E-state index in [0.717, 1.165) is 6.42 Å². The van der Waals surface area contributed by atoms with E-state index in [1.165, 1.54) is 6.04 Å². The molecule has 1 unspecified atom stereocenters. The lowest BCUT2D eigenvalue weighted by Crippen LogP contribution is -2.39. The Balaban J connectivity index is 3.58. The SMILES string of the molecule is C[SiH](CCCC(=O)O)[Si](C)(C)C. The molecule has 12 heavy (non-hydrogen) atoms. The zero-order chi connectivity index (χ0) is 9.78. The fourth-order valence-electron chi connectivity index (χ4n) is 0.992. The van der Waals surface area contributed by atoms with Crippen LogP contribution in [0, 0.1) is 0 Å². The van der Waals surface area contributed by atoms with Gasteiger partial charge in [0, 0.05) is 22.3 Å². The smallest absolute Gasteiger partial charge is 0.303 e. The van der Waals surface area contributed by atoms with E-state index >= 15 is 0 Å². The van der Waals surface area contributed by atoms with E-state index in [9.17, 15) is 4.79 Å². The molecule has 1 N–H and O–H groups in total. The third kappa shape index (κ3) is 5.54. The lowest BCUT2D eigenvalue weighted by molar-refractivity contribution is -0.137. The lowest BCUT2D eigenvalue weighted by Gasteiger charge is -2.23. The topological polar surface area (TPSA) is 37.3 Å². The van der Waals surface area contributed by atoms with Crippen LogP contribution in [0.4, 0.5) is 0 Å². The van der Waals surface area contributed by atoms with Gasteiger partial charge in [0.05, 0.1) is 0 Å². The van der Waals surface area contributed by atoms with Gasteiger partial charge >= 0.3 is 5.97 Å². The first-order valence-corrected chi connectivity index (χ1v) is 11.8. The summed E-state index contributed by atoms with van der Waals surface area (Å²) in [6, 6.07) is 1.21. The zero-order valence-corrected chi connectivity index (χ0v) is 10.7. The molecule has 1 atom stereocenters. The van der Waals surface area contributed by atoms with Gasteiger partial charge in [-0.15, -0.1) is 0 Å². The minimum Gasteiger partial charge on any atom is -0.481 e. The Kier molecular flexibility index (Phi) is 4.78. The summed E-state index contributed by atoms with van der Waals surface area (Å²) < 4.78 is 0. The van der Waals surface area contributed by atoms with E-state index in [2.05, 4.69) is 26.2 Å². The van der Waals surface area contributed by atoms with Crippen LogP contribution in [0.2, 0.25) is 32.2 Å². The van der Waals surface area contributed by atoms with Gasteiger partial charge in [0.2, 0.25) is 0 Å². The standard InChI is InChI=1S/C8H20O2Si2/c1-11(12(2,3)4)7-5-6-8(9)10/h11H,5-7H2,1-4H3,(H,9,10). The molecule has 72 valence electrons. The van der Waals surface area contributed by atoms with Crippen LogP contribution in [0.15, 0.2) is 0 Å². The van der Waals surface area contributed by atoms with Crippen molar-refractivity contribution in [3.8, 4) is 0 Å². The van der Waals surface area contributed by atoms with Crippen molar-refractivity contribution < 1.29 is 9.90 Å². The molecule has 0 aromatic carbocycles. The van der Waals surface area contributed by atoms with Gasteiger partial charge in [0.25, 0.3) is 0 Å². The molecule has 0 aliphatic carbocycles. The van der Waals surface area contributed by atoms with E-state index in [1.807, 2.05) is 0 Å². The molecule has 0 aliphatic rings. The molecule has 2 nitrogen and oxygen atoms in total. The number of aliphatic carboxylic acids is 1. The van der Waals surface area contributed by atoms with Crippen LogP contribution in [0.5, 0.6) is 0 Å². The number of carboxylic acid groups (broad SMARTS) is 1. The first-order valence-electron chi connectivity index (χ1n) is 4.56. The predicted octanol–water partition coefficient (Wildman–Crippen LogP) is 2.12. The van der Waals surface area contributed by atoms with Gasteiger partial charge in [-0.1, -0.05) is 32.2 Å². The van der Waals surface area contributed by atoms with Crippen LogP contribution < -0.4 is 0 Å². The summed E-state index contributed by atoms with van der Waals surface area (Å²) in [4.78, 5) is 10.3. The van der Waals surface area contributed by atoms with Crippen molar-refractivity contribution in [3.63, 3.8) is 0 Å². The van der Waals surface area contributed by atoms with E-state index < -0.39 is 21.9 Å². The van der Waals surface area contributed by atoms with Crippen molar-refractivity contribution in [2.75, 3.05) is 0 Å². The van der Waals surface area contributed by atoms with Crippen LogP contribution in [0.1, 0.15) is 12.8 Å². The highest BCUT2D eigenvalue weighted by molar-refractivity contribution is 7.31. The van der Waals surface area contributed by atoms with E-state index in [4.69, 9.17) is 5.11 Å². The van der Waals surface area contributed by atoms with Gasteiger partial charge < -0.3 is 5.11 Å². The summed E-state index contributed by atoms with van der Waals surface area (Å²) >= 11 is 0. The molecule has 0 saturated heterocycles. The molecule has 0 saturated carbocycles. The van der Waals surface area contributed by atoms with Gasteiger partial charge in [-0.2, -0.15) is 0 Å². The molecule has 4 heteroatoms. The van der Waals surface area contributed by atoms with Crippen LogP contribution in [-0.4, -0.2) is 27.0 Å². The molecule has 0 rings (SSSR count). The van der Waals surface area contributed by atoms with Crippen LogP contribution >= 0.6 is 0 Å². The van der Waals surface area contributed by atoms with Crippen molar-refractivity contribution in [2.45, 2.75) is 45.1 Å². The minimum atomic E-state index is -0.887. The Morgan fingerprint density at radius 2 is 1.92 bits per heavy atom. The molecule has 0 aliphatic heterocycles. The second-order valence-corrected chi connectivity index (χ2v) is 19.8. The Labute approximate surface area is 77.4 Å². The molecule has 0 spiro atoms. The molecule has 0 heterocycles. The number of hydrogen-bond acceptors (Lipinski definition) is 1. The second kappa shape index (κ2) is 4.81. The van der Waals surface area contributed by atoms with E-state index in [-0.39, 0.29) is 0 Å². The van der Waals surface area contributed by atoms with E-state index in [0.29, 0.717) is 6.42 Å². The third-order valence-corrected chi connectivity index (χ3v) is 16.5. The summed E-state index contributed by atoms with van der Waals surface area (Å²) in [5, 5.41) is 8.46. The summed E-state index contributed by atoms with van der Waals surface area (Å²) in [6.45, 7) is 9.56. The number of rotatable bonds is 5. The predicted molar refractivity (Wildman–Crippen MR) is 58.0 cm³/mol. The van der Waals surface area contributed by atoms with Crippen LogP contribution in [0.3, 0.4) is 0 Å². The number of hydrogen-bond donors (Lipinski definition) is 1. The highest BCUT2D eigenvalue weighted by atomic mass is 29.2. The van der Waals surface area contributed by atoms with Crippen molar-refractivity contribution in [1.82, 2.24) is 0 Å². The maximum absolute atomic E-state index is 10.3. The quantitative estimate of drug-likeness (QED) is 0.697. The average Bonchev–Trinajstić information content (AvgIpc) is 1.84. The highest BCUT2D eigenvalue weighted by Crippen LogP contribution is 2.13. The van der Waals surface area contributed by atoms with E-state index in [1.54, 1.807) is 0 Å². The summed E-state index contributed by atoms with van der Waals surface area (Å²) in [6.07, 6.45) is 1.26. The molecule has 0 aromatic rings. The normalized spacial score (nSPS) is 14.3. The summed E-state index contributed by atoms with van der Waals surface area (Å²) in [5.74, 6) is -0.647. The largest absolute Gasteiger partial charge is 0.481 e. The molecule has 0 amide bonds. The van der Waals surface area contributed by atoms with Crippen molar-refractivity contribution in [1.29, 1.82) is 0 Å². The Morgan fingerprint density at radius 1 is 1.42 bits per heavy atom. The van der Waals surface area contributed by atoms with Gasteiger partial charge in [-0.05, 0) is 6.42 Å². The highest BCUT2D eigenvalue weighted by Gasteiger charge is 2.22. The number of carbonyl (C=O) groups is 1. The van der Waals surface area contributed by atoms with Crippen LogP contribution in [-0.2, 0) is 4.79 Å². The van der Waals surface area contributed by atoms with Gasteiger partial charge in [-0.25, -0.2) is 0 Å². The second-order valence-electron chi connectivity index (χ2n) is 4.55. The maximum Gasteiger partial charge on any atom is 0.303 e. The minimum absolute atomic E-state index is 0.363. The fraction of sp³-hybridized carbons (Fsp3) is 0.875. The maximum atomic E-state index is 10.3. The Hall–Kier alpha value is -0.0962. The van der Waals surface area contributed by atoms with Crippen molar-refractivity contribution >= 4 is 21.9 Å². The third-order valence-electron chi connectivity index (χ3n) is 2.51. The summed E-state index contributed by atoms with van der Waals surface area (Å²) in [7, 11) is -1.46. The first kappa shape index (κ1) is 11.9. The molecule has 0 aromatic heterocycles. The summed E-state index contributed by atoms with van der Waals surface area (Å²) in [5.41, 5.74) is 0. The molecular formula is C8H20O2Si2.